The molecule has 0 radical (unpaired) electrons. The molecule has 0 spiro atoms. The van der Waals surface area contributed by atoms with Gasteiger partial charge in [-0.3, -0.25) is 24.1 Å². The minimum atomic E-state index is -0.806. The Hall–Kier alpha value is -3.95. The number of carbonyl (C=O) groups excluding carboxylic acids is 5. The largest absolute Gasteiger partial charge is 0.467 e. The molecule has 3 rings (SSSR count). The van der Waals surface area contributed by atoms with Crippen LogP contribution in [-0.2, 0) is 25.6 Å². The first kappa shape index (κ1) is 22.7. The summed E-state index contributed by atoms with van der Waals surface area (Å²) in [6.07, 6.45) is 2.01. The summed E-state index contributed by atoms with van der Waals surface area (Å²) in [5, 5.41) is 2.53. The molecule has 1 aliphatic heterocycles. The molecule has 32 heavy (non-hydrogen) atoms. The maximum Gasteiger partial charge on any atom is 0.338 e. The minimum absolute atomic E-state index is 0.0184. The third kappa shape index (κ3) is 5.39. The number of nitrogens with zero attached hydrogens (tertiary/aromatic N) is 1. The van der Waals surface area contributed by atoms with Crippen LogP contribution in [0, 0.1) is 0 Å². The molecule has 0 fully saturated rings. The van der Waals surface area contributed by atoms with E-state index in [1.165, 1.54) is 24.5 Å². The zero-order chi connectivity index (χ0) is 23.1. The van der Waals surface area contributed by atoms with Crippen molar-refractivity contribution in [1.82, 2.24) is 10.2 Å². The molecule has 1 N–H and O–H groups in total. The van der Waals surface area contributed by atoms with Crippen molar-refractivity contribution in [2.24, 2.45) is 0 Å². The minimum Gasteiger partial charge on any atom is -0.467 e. The number of hydrogen-bond donors (Lipinski definition) is 1. The lowest BCUT2D eigenvalue weighted by molar-refractivity contribution is -0.143. The summed E-state index contributed by atoms with van der Waals surface area (Å²) in [5.41, 5.74) is 0.303. The molecule has 10 nitrogen and oxygen atoms in total. The normalized spacial score (nSPS) is 12.5. The van der Waals surface area contributed by atoms with E-state index in [4.69, 9.17) is 13.9 Å². The summed E-state index contributed by atoms with van der Waals surface area (Å²) >= 11 is 0. The van der Waals surface area contributed by atoms with Crippen LogP contribution in [-0.4, -0.2) is 54.3 Å². The van der Waals surface area contributed by atoms with E-state index < -0.39 is 30.3 Å². The zero-order valence-corrected chi connectivity index (χ0v) is 17.4. The molecule has 0 atom stereocenters. The zero-order valence-electron chi connectivity index (χ0n) is 17.4. The van der Waals surface area contributed by atoms with Crippen LogP contribution in [0.4, 0.5) is 0 Å². The van der Waals surface area contributed by atoms with Crippen LogP contribution in [0.2, 0.25) is 0 Å². The van der Waals surface area contributed by atoms with Crippen molar-refractivity contribution in [2.75, 3.05) is 19.8 Å². The molecular weight excluding hydrogens is 420 g/mol. The maximum atomic E-state index is 12.6. The first-order chi connectivity index (χ1) is 15.4. The van der Waals surface area contributed by atoms with Crippen LogP contribution >= 0.6 is 0 Å². The monoisotopic (exact) mass is 442 g/mol. The molecule has 2 heterocycles. The summed E-state index contributed by atoms with van der Waals surface area (Å²) in [6.45, 7) is 1.70. The summed E-state index contributed by atoms with van der Waals surface area (Å²) in [7, 11) is 0. The first-order valence-electron chi connectivity index (χ1n) is 10.0. The van der Waals surface area contributed by atoms with Gasteiger partial charge >= 0.3 is 11.9 Å². The highest BCUT2D eigenvalue weighted by Gasteiger charge is 2.36. The predicted octanol–water partition coefficient (Wildman–Crippen LogP) is 1.69. The van der Waals surface area contributed by atoms with E-state index in [0.717, 1.165) is 4.90 Å². The van der Waals surface area contributed by atoms with Gasteiger partial charge in [0.05, 0.1) is 36.1 Å². The number of imide groups is 1. The lowest BCUT2D eigenvalue weighted by atomic mass is 10.1. The lowest BCUT2D eigenvalue weighted by Gasteiger charge is -2.11. The van der Waals surface area contributed by atoms with E-state index in [1.54, 1.807) is 19.1 Å². The second-order valence-electron chi connectivity index (χ2n) is 6.87. The van der Waals surface area contributed by atoms with Crippen molar-refractivity contribution < 1.29 is 37.9 Å². The standard InChI is InChI=1S/C22H22N2O8/c1-2-30-19(26)6-3-9-23-18(25)13-32-22(29)14-7-8-16-17(11-14)21(28)24(20(16)27)12-15-5-4-10-31-15/h4-5,7-8,10-11H,2-3,6,9,12-13H2,1H3,(H,23,25). The third-order valence-corrected chi connectivity index (χ3v) is 4.62. The molecule has 3 amide bonds. The van der Waals surface area contributed by atoms with E-state index in [1.807, 2.05) is 0 Å². The van der Waals surface area contributed by atoms with Crippen molar-refractivity contribution in [3.63, 3.8) is 0 Å². The Morgan fingerprint density at radius 2 is 1.84 bits per heavy atom. The van der Waals surface area contributed by atoms with Crippen LogP contribution in [0.5, 0.6) is 0 Å². The molecule has 0 saturated carbocycles. The van der Waals surface area contributed by atoms with E-state index in [-0.39, 0.29) is 42.2 Å². The molecule has 1 aliphatic rings. The summed E-state index contributed by atoms with van der Waals surface area (Å²) < 4.78 is 14.9. The van der Waals surface area contributed by atoms with Crippen molar-refractivity contribution in [1.29, 1.82) is 0 Å². The Kier molecular flexibility index (Phi) is 7.37. The number of hydrogen-bond acceptors (Lipinski definition) is 8. The van der Waals surface area contributed by atoms with Gasteiger partial charge in [0.25, 0.3) is 17.7 Å². The number of benzene rings is 1. The topological polar surface area (TPSA) is 132 Å². The molecule has 0 saturated heterocycles. The average Bonchev–Trinajstić information content (AvgIpc) is 3.38. The third-order valence-electron chi connectivity index (χ3n) is 4.62. The predicted molar refractivity (Wildman–Crippen MR) is 109 cm³/mol. The van der Waals surface area contributed by atoms with Gasteiger partial charge in [0.1, 0.15) is 5.76 Å². The van der Waals surface area contributed by atoms with Crippen molar-refractivity contribution in [2.45, 2.75) is 26.3 Å². The highest BCUT2D eigenvalue weighted by Crippen LogP contribution is 2.26. The Balaban J connectivity index is 1.51. The van der Waals surface area contributed by atoms with Crippen LogP contribution in [0.1, 0.15) is 56.6 Å². The van der Waals surface area contributed by atoms with Gasteiger partial charge in [-0.05, 0) is 43.7 Å². The highest BCUT2D eigenvalue weighted by atomic mass is 16.5. The van der Waals surface area contributed by atoms with Gasteiger partial charge in [0.2, 0.25) is 0 Å². The van der Waals surface area contributed by atoms with E-state index in [0.29, 0.717) is 18.8 Å². The molecule has 168 valence electrons. The van der Waals surface area contributed by atoms with Gasteiger partial charge in [-0.15, -0.1) is 0 Å². The Labute approximate surface area is 183 Å². The number of nitrogens with one attached hydrogen (secondary N) is 1. The fourth-order valence-corrected chi connectivity index (χ4v) is 3.08. The van der Waals surface area contributed by atoms with Gasteiger partial charge in [-0.1, -0.05) is 0 Å². The Bertz CT molecular complexity index is 1030. The molecule has 0 aliphatic carbocycles. The average molecular weight is 442 g/mol. The van der Waals surface area contributed by atoms with Gasteiger partial charge < -0.3 is 19.2 Å². The first-order valence-corrected chi connectivity index (χ1v) is 10.0. The smallest absolute Gasteiger partial charge is 0.338 e. The number of furan rings is 1. The van der Waals surface area contributed by atoms with Crippen molar-refractivity contribution in [3.8, 4) is 0 Å². The summed E-state index contributed by atoms with van der Waals surface area (Å²) in [5.74, 6) is -2.26. The summed E-state index contributed by atoms with van der Waals surface area (Å²) in [4.78, 5) is 61.5. The SMILES string of the molecule is CCOC(=O)CCCNC(=O)COC(=O)c1ccc2c(c1)C(=O)N(Cc1ccco1)C2=O. The molecule has 1 aromatic carbocycles. The number of rotatable bonds is 10. The maximum absolute atomic E-state index is 12.6. The van der Waals surface area contributed by atoms with Crippen LogP contribution in [0.15, 0.2) is 41.0 Å². The fourth-order valence-electron chi connectivity index (χ4n) is 3.08. The number of ether oxygens (including phenoxy) is 2. The van der Waals surface area contributed by atoms with E-state index in [9.17, 15) is 24.0 Å². The second-order valence-corrected chi connectivity index (χ2v) is 6.87. The molecule has 0 unspecified atom stereocenters. The Morgan fingerprint density at radius 1 is 1.06 bits per heavy atom. The van der Waals surface area contributed by atoms with Crippen molar-refractivity contribution >= 4 is 29.7 Å². The fraction of sp³-hybridized carbons (Fsp3) is 0.318. The molecule has 2 aromatic rings. The summed E-state index contributed by atoms with van der Waals surface area (Å²) in [6, 6.07) is 7.31. The number of esters is 2. The number of fused-ring (bicyclic) bond motifs is 1. The van der Waals surface area contributed by atoms with E-state index >= 15 is 0 Å². The van der Waals surface area contributed by atoms with Crippen LogP contribution in [0.3, 0.4) is 0 Å². The number of amides is 3. The molecule has 0 bridgehead atoms. The van der Waals surface area contributed by atoms with Crippen LogP contribution in [0.25, 0.3) is 0 Å². The number of carbonyl (C=O) groups is 5. The molecule has 1 aromatic heterocycles. The molecular formula is C22H22N2O8. The van der Waals surface area contributed by atoms with Gasteiger partial charge in [-0.2, -0.15) is 0 Å². The van der Waals surface area contributed by atoms with Crippen molar-refractivity contribution in [3.05, 3.63) is 59.0 Å². The van der Waals surface area contributed by atoms with E-state index in [2.05, 4.69) is 5.32 Å². The quantitative estimate of drug-likeness (QED) is 0.334. The Morgan fingerprint density at radius 3 is 2.56 bits per heavy atom. The second kappa shape index (κ2) is 10.4. The van der Waals surface area contributed by atoms with Crippen LogP contribution < -0.4 is 5.32 Å². The highest BCUT2D eigenvalue weighted by molar-refractivity contribution is 6.21. The van der Waals surface area contributed by atoms with Gasteiger partial charge in [0, 0.05) is 13.0 Å². The molecule has 10 heteroatoms. The lowest BCUT2D eigenvalue weighted by Crippen LogP contribution is -2.30. The van der Waals surface area contributed by atoms with Gasteiger partial charge in [-0.25, -0.2) is 4.79 Å². The van der Waals surface area contributed by atoms with Gasteiger partial charge in [0.15, 0.2) is 6.61 Å².